The standard InChI is InChI=1S/C19H15N5O2/c25-14-6-7-15(17(26)10-14)12-2-4-13(5-3-12)16-11-18(24-23-16)22-19-20-8-1-9-21-19/h1-11,25-26H,(H2,20,21,22,23,24). The zero-order valence-corrected chi connectivity index (χ0v) is 13.6. The van der Waals surface area contributed by atoms with Crippen LogP contribution < -0.4 is 5.32 Å². The topological polar surface area (TPSA) is 107 Å². The van der Waals surface area contributed by atoms with Crippen LogP contribution >= 0.6 is 0 Å². The fourth-order valence-corrected chi connectivity index (χ4v) is 2.60. The zero-order chi connectivity index (χ0) is 17.9. The molecular formula is C19H15N5O2. The number of anilines is 2. The van der Waals surface area contributed by atoms with Crippen molar-refractivity contribution in [2.75, 3.05) is 5.32 Å². The van der Waals surface area contributed by atoms with Crippen molar-refractivity contribution in [2.45, 2.75) is 0 Å². The number of phenolic OH excluding ortho intramolecular Hbond substituents is 2. The summed E-state index contributed by atoms with van der Waals surface area (Å²) in [4.78, 5) is 8.21. The number of H-pyrrole nitrogens is 1. The van der Waals surface area contributed by atoms with Crippen molar-refractivity contribution < 1.29 is 10.2 Å². The predicted octanol–water partition coefficient (Wildman–Crippen LogP) is 3.69. The average molecular weight is 345 g/mol. The Hall–Kier alpha value is -3.87. The van der Waals surface area contributed by atoms with Gasteiger partial charge in [-0.3, -0.25) is 5.10 Å². The minimum atomic E-state index is 0.0295. The van der Waals surface area contributed by atoms with Gasteiger partial charge >= 0.3 is 0 Å². The van der Waals surface area contributed by atoms with Crippen LogP contribution in [0.4, 0.5) is 11.8 Å². The van der Waals surface area contributed by atoms with Crippen LogP contribution in [0.15, 0.2) is 67.0 Å². The van der Waals surface area contributed by atoms with Gasteiger partial charge in [0, 0.05) is 35.7 Å². The Balaban J connectivity index is 1.56. The van der Waals surface area contributed by atoms with E-state index in [0.717, 1.165) is 16.8 Å². The molecule has 0 saturated carbocycles. The van der Waals surface area contributed by atoms with Gasteiger partial charge in [-0.05, 0) is 23.8 Å². The summed E-state index contributed by atoms with van der Waals surface area (Å²) >= 11 is 0. The number of hydrogen-bond acceptors (Lipinski definition) is 6. The van der Waals surface area contributed by atoms with Crippen molar-refractivity contribution in [1.82, 2.24) is 20.2 Å². The highest BCUT2D eigenvalue weighted by atomic mass is 16.3. The monoisotopic (exact) mass is 345 g/mol. The fraction of sp³-hybridized carbons (Fsp3) is 0. The molecule has 0 saturated heterocycles. The summed E-state index contributed by atoms with van der Waals surface area (Å²) in [6.45, 7) is 0. The van der Waals surface area contributed by atoms with E-state index in [1.165, 1.54) is 6.07 Å². The molecule has 7 heteroatoms. The molecule has 0 spiro atoms. The molecule has 4 N–H and O–H groups in total. The van der Waals surface area contributed by atoms with Crippen molar-refractivity contribution >= 4 is 11.8 Å². The first-order chi connectivity index (χ1) is 12.7. The first-order valence-electron chi connectivity index (χ1n) is 7.91. The van der Waals surface area contributed by atoms with Crippen LogP contribution in [-0.4, -0.2) is 30.4 Å². The van der Waals surface area contributed by atoms with E-state index in [9.17, 15) is 10.2 Å². The largest absolute Gasteiger partial charge is 0.508 e. The Morgan fingerprint density at radius 2 is 1.58 bits per heavy atom. The van der Waals surface area contributed by atoms with E-state index in [4.69, 9.17) is 0 Å². The molecule has 0 bridgehead atoms. The average Bonchev–Trinajstić information content (AvgIpc) is 3.11. The van der Waals surface area contributed by atoms with Crippen LogP contribution in [0.5, 0.6) is 11.5 Å². The number of rotatable bonds is 4. The summed E-state index contributed by atoms with van der Waals surface area (Å²) in [5.74, 6) is 1.24. The van der Waals surface area contributed by atoms with E-state index in [2.05, 4.69) is 25.5 Å². The van der Waals surface area contributed by atoms with E-state index in [1.807, 2.05) is 30.3 Å². The van der Waals surface area contributed by atoms with Gasteiger partial charge in [-0.2, -0.15) is 5.10 Å². The highest BCUT2D eigenvalue weighted by Gasteiger charge is 2.08. The van der Waals surface area contributed by atoms with E-state index < -0.39 is 0 Å². The number of benzene rings is 2. The van der Waals surface area contributed by atoms with E-state index in [-0.39, 0.29) is 11.5 Å². The molecule has 0 aliphatic heterocycles. The van der Waals surface area contributed by atoms with Crippen molar-refractivity contribution in [2.24, 2.45) is 0 Å². The molecule has 0 amide bonds. The summed E-state index contributed by atoms with van der Waals surface area (Å²) < 4.78 is 0. The molecule has 0 aliphatic rings. The van der Waals surface area contributed by atoms with E-state index >= 15 is 0 Å². The minimum absolute atomic E-state index is 0.0295. The lowest BCUT2D eigenvalue weighted by Gasteiger charge is -2.06. The molecule has 4 rings (SSSR count). The second-order valence-corrected chi connectivity index (χ2v) is 5.64. The first-order valence-corrected chi connectivity index (χ1v) is 7.91. The molecule has 2 aromatic heterocycles. The molecule has 0 aliphatic carbocycles. The van der Waals surface area contributed by atoms with Gasteiger partial charge in [0.2, 0.25) is 5.95 Å². The molecule has 0 unspecified atom stereocenters. The summed E-state index contributed by atoms with van der Waals surface area (Å²) in [5, 5.41) is 29.6. The summed E-state index contributed by atoms with van der Waals surface area (Å²) in [6.07, 6.45) is 3.31. The lowest BCUT2D eigenvalue weighted by molar-refractivity contribution is 0.452. The number of aromatic hydroxyl groups is 2. The number of nitrogens with one attached hydrogen (secondary N) is 2. The third-order valence-corrected chi connectivity index (χ3v) is 3.86. The van der Waals surface area contributed by atoms with Crippen LogP contribution in [-0.2, 0) is 0 Å². The summed E-state index contributed by atoms with van der Waals surface area (Å²) in [6, 6.07) is 15.8. The van der Waals surface area contributed by atoms with Crippen molar-refractivity contribution in [3.63, 3.8) is 0 Å². The number of hydrogen-bond donors (Lipinski definition) is 4. The number of aromatic nitrogens is 4. The smallest absolute Gasteiger partial charge is 0.228 e. The fourth-order valence-electron chi connectivity index (χ4n) is 2.60. The minimum Gasteiger partial charge on any atom is -0.508 e. The highest BCUT2D eigenvalue weighted by molar-refractivity contribution is 5.74. The Labute approximate surface area is 149 Å². The Kier molecular flexibility index (Phi) is 3.95. The molecule has 0 atom stereocenters. The second-order valence-electron chi connectivity index (χ2n) is 5.64. The number of aromatic amines is 1. The van der Waals surface area contributed by atoms with E-state index in [1.54, 1.807) is 30.6 Å². The zero-order valence-electron chi connectivity index (χ0n) is 13.6. The van der Waals surface area contributed by atoms with Gasteiger partial charge in [-0.25, -0.2) is 9.97 Å². The maximum atomic E-state index is 9.98. The Morgan fingerprint density at radius 1 is 0.846 bits per heavy atom. The molecule has 0 radical (unpaired) electrons. The second kappa shape index (κ2) is 6.56. The van der Waals surface area contributed by atoms with Gasteiger partial charge in [-0.1, -0.05) is 24.3 Å². The maximum absolute atomic E-state index is 9.98. The van der Waals surface area contributed by atoms with Gasteiger partial charge in [0.15, 0.2) is 0 Å². The molecular weight excluding hydrogens is 330 g/mol. The third-order valence-electron chi connectivity index (χ3n) is 3.86. The molecule has 26 heavy (non-hydrogen) atoms. The van der Waals surface area contributed by atoms with E-state index in [0.29, 0.717) is 17.3 Å². The van der Waals surface area contributed by atoms with Crippen LogP contribution in [0.1, 0.15) is 0 Å². The number of phenols is 2. The van der Waals surface area contributed by atoms with Gasteiger partial charge in [-0.15, -0.1) is 0 Å². The SMILES string of the molecule is Oc1ccc(-c2ccc(-c3cc(Nc4ncccn4)[nH]n3)cc2)c(O)c1. The molecule has 2 aromatic carbocycles. The summed E-state index contributed by atoms with van der Waals surface area (Å²) in [7, 11) is 0. The lowest BCUT2D eigenvalue weighted by Crippen LogP contribution is -1.95. The highest BCUT2D eigenvalue weighted by Crippen LogP contribution is 2.33. The van der Waals surface area contributed by atoms with Crippen LogP contribution in [0.25, 0.3) is 22.4 Å². The van der Waals surface area contributed by atoms with Crippen LogP contribution in [0.3, 0.4) is 0 Å². The third kappa shape index (κ3) is 3.18. The summed E-state index contributed by atoms with van der Waals surface area (Å²) in [5.41, 5.74) is 3.19. The first kappa shape index (κ1) is 15.6. The van der Waals surface area contributed by atoms with Gasteiger partial charge in [0.05, 0.1) is 5.69 Å². The maximum Gasteiger partial charge on any atom is 0.228 e. The van der Waals surface area contributed by atoms with Gasteiger partial charge in [0.1, 0.15) is 17.3 Å². The van der Waals surface area contributed by atoms with Gasteiger partial charge in [0.25, 0.3) is 0 Å². The van der Waals surface area contributed by atoms with Crippen molar-refractivity contribution in [1.29, 1.82) is 0 Å². The molecule has 128 valence electrons. The number of nitrogens with zero attached hydrogens (tertiary/aromatic N) is 3. The molecule has 0 fully saturated rings. The Bertz CT molecular complexity index is 1030. The van der Waals surface area contributed by atoms with Crippen molar-refractivity contribution in [3.05, 3.63) is 67.0 Å². The van der Waals surface area contributed by atoms with Crippen molar-refractivity contribution in [3.8, 4) is 33.9 Å². The quantitative estimate of drug-likeness (QED) is 0.449. The molecule has 4 aromatic rings. The lowest BCUT2D eigenvalue weighted by atomic mass is 10.0. The van der Waals surface area contributed by atoms with Crippen LogP contribution in [0, 0.1) is 0 Å². The normalized spacial score (nSPS) is 10.6. The van der Waals surface area contributed by atoms with Gasteiger partial charge < -0.3 is 15.5 Å². The molecule has 2 heterocycles. The molecule has 7 nitrogen and oxygen atoms in total. The van der Waals surface area contributed by atoms with Crippen LogP contribution in [0.2, 0.25) is 0 Å². The Morgan fingerprint density at radius 3 is 2.31 bits per heavy atom. The predicted molar refractivity (Wildman–Crippen MR) is 98.1 cm³/mol.